The predicted octanol–water partition coefficient (Wildman–Crippen LogP) is 2.49. The van der Waals surface area contributed by atoms with Crippen LogP contribution >= 0.6 is 0 Å². The second-order valence-corrected chi connectivity index (χ2v) is 3.88. The molecule has 0 bridgehead atoms. The summed E-state index contributed by atoms with van der Waals surface area (Å²) in [5.74, 6) is 0.356. The minimum Gasteiger partial charge on any atom is -0.507 e. The maximum atomic E-state index is 9.90. The molecule has 0 spiro atoms. The first-order valence-corrected chi connectivity index (χ1v) is 5.14. The third kappa shape index (κ3) is 1.23. The minimum absolute atomic E-state index is 0.356. The lowest BCUT2D eigenvalue weighted by molar-refractivity contribution is 0.467. The van der Waals surface area contributed by atoms with Crippen LogP contribution < -0.4 is 0 Å². The van der Waals surface area contributed by atoms with Gasteiger partial charge in [-0.3, -0.25) is 0 Å². The number of imidazole rings is 1. The summed E-state index contributed by atoms with van der Waals surface area (Å²) in [5.41, 5.74) is 4.81. The first-order chi connectivity index (χ1) is 7.07. The number of phenolic OH excluding ortho intramolecular Hbond substituents is 1. The Morgan fingerprint density at radius 1 is 1.20 bits per heavy atom. The number of hydrogen-bond acceptors (Lipinski definition) is 2. The Hall–Kier alpha value is -1.51. The number of rotatable bonds is 1. The van der Waals surface area contributed by atoms with Crippen molar-refractivity contribution in [2.45, 2.75) is 34.2 Å². The Labute approximate surface area is 89.4 Å². The zero-order valence-electron chi connectivity index (χ0n) is 9.55. The molecule has 1 N–H and O–H groups in total. The average Bonchev–Trinajstić information content (AvgIpc) is 2.67. The predicted molar refractivity (Wildman–Crippen MR) is 60.1 cm³/mol. The number of aromatic nitrogens is 2. The van der Waals surface area contributed by atoms with E-state index in [1.54, 1.807) is 0 Å². The molecular formula is C12H15N2O. The van der Waals surface area contributed by atoms with E-state index in [-0.39, 0.29) is 0 Å². The van der Waals surface area contributed by atoms with E-state index in [0.717, 1.165) is 34.3 Å². The molecule has 0 amide bonds. The van der Waals surface area contributed by atoms with Crippen LogP contribution in [0.3, 0.4) is 0 Å². The maximum absolute atomic E-state index is 9.90. The van der Waals surface area contributed by atoms with Crippen LogP contribution in [0, 0.1) is 27.1 Å². The second-order valence-electron chi connectivity index (χ2n) is 3.88. The first-order valence-electron chi connectivity index (χ1n) is 5.14. The second kappa shape index (κ2) is 3.26. The summed E-state index contributed by atoms with van der Waals surface area (Å²) in [6, 6.07) is 0. The standard InChI is InChI=1S/C12H15N2O/c1-5-14-6-13-10-9(4)12(15)8(3)7(2)11(10)14/h15H,5H2,1-4H3. The van der Waals surface area contributed by atoms with Gasteiger partial charge in [-0.25, -0.2) is 4.98 Å². The molecule has 0 saturated carbocycles. The van der Waals surface area contributed by atoms with Gasteiger partial charge in [-0.05, 0) is 38.8 Å². The summed E-state index contributed by atoms with van der Waals surface area (Å²) in [6.07, 6.45) is 2.96. The quantitative estimate of drug-likeness (QED) is 0.773. The smallest absolute Gasteiger partial charge is 0.177 e. The van der Waals surface area contributed by atoms with Crippen LogP contribution in [0.5, 0.6) is 5.75 Å². The van der Waals surface area contributed by atoms with E-state index < -0.39 is 0 Å². The van der Waals surface area contributed by atoms with E-state index >= 15 is 0 Å². The van der Waals surface area contributed by atoms with Gasteiger partial charge in [-0.15, -0.1) is 0 Å². The van der Waals surface area contributed by atoms with Crippen molar-refractivity contribution >= 4 is 11.0 Å². The maximum Gasteiger partial charge on any atom is 0.177 e. The van der Waals surface area contributed by atoms with Gasteiger partial charge in [-0.2, -0.15) is 0 Å². The fourth-order valence-corrected chi connectivity index (χ4v) is 1.96. The topological polar surface area (TPSA) is 38.0 Å². The average molecular weight is 203 g/mol. The number of aromatic hydroxyl groups is 1. The summed E-state index contributed by atoms with van der Waals surface area (Å²) in [7, 11) is 0. The Bertz CT molecular complexity index is 526. The van der Waals surface area contributed by atoms with Gasteiger partial charge in [-0.1, -0.05) is 0 Å². The summed E-state index contributed by atoms with van der Waals surface area (Å²) in [4.78, 5) is 4.23. The Kier molecular flexibility index (Phi) is 2.18. The Morgan fingerprint density at radius 2 is 1.87 bits per heavy atom. The largest absolute Gasteiger partial charge is 0.507 e. The van der Waals surface area contributed by atoms with Crippen molar-refractivity contribution in [1.82, 2.24) is 9.55 Å². The lowest BCUT2D eigenvalue weighted by atomic mass is 10.0. The molecule has 0 aliphatic rings. The molecule has 3 nitrogen and oxygen atoms in total. The third-order valence-corrected chi connectivity index (χ3v) is 3.08. The van der Waals surface area contributed by atoms with E-state index in [1.165, 1.54) is 0 Å². The highest BCUT2D eigenvalue weighted by molar-refractivity contribution is 5.86. The molecule has 1 heterocycles. The number of hydrogen-bond donors (Lipinski definition) is 1. The molecule has 0 aliphatic heterocycles. The molecule has 0 atom stereocenters. The summed E-state index contributed by atoms with van der Waals surface area (Å²) in [6.45, 7) is 8.75. The van der Waals surface area contributed by atoms with Gasteiger partial charge >= 0.3 is 0 Å². The fourth-order valence-electron chi connectivity index (χ4n) is 1.96. The third-order valence-electron chi connectivity index (χ3n) is 3.08. The zero-order chi connectivity index (χ0) is 11.2. The molecular weight excluding hydrogens is 188 g/mol. The normalized spacial score (nSPS) is 11.2. The van der Waals surface area contributed by atoms with Crippen LogP contribution in [0.15, 0.2) is 0 Å². The van der Waals surface area contributed by atoms with Crippen LogP contribution in [0.1, 0.15) is 23.6 Å². The van der Waals surface area contributed by atoms with Crippen molar-refractivity contribution in [2.75, 3.05) is 0 Å². The molecule has 1 aromatic heterocycles. The number of benzene rings is 1. The lowest BCUT2D eigenvalue weighted by Gasteiger charge is -2.10. The van der Waals surface area contributed by atoms with Crippen molar-refractivity contribution in [2.24, 2.45) is 0 Å². The highest BCUT2D eigenvalue weighted by atomic mass is 16.3. The lowest BCUT2D eigenvalue weighted by Crippen LogP contribution is -1.96. The van der Waals surface area contributed by atoms with E-state index in [9.17, 15) is 5.11 Å². The number of phenols is 1. The zero-order valence-corrected chi connectivity index (χ0v) is 9.55. The van der Waals surface area contributed by atoms with Crippen molar-refractivity contribution in [3.8, 4) is 5.75 Å². The van der Waals surface area contributed by atoms with Crippen LogP contribution in [0.4, 0.5) is 0 Å². The van der Waals surface area contributed by atoms with Gasteiger partial charge in [0.05, 0.1) is 11.0 Å². The monoisotopic (exact) mass is 203 g/mol. The van der Waals surface area contributed by atoms with Crippen LogP contribution in [0.2, 0.25) is 0 Å². The number of nitrogens with zero attached hydrogens (tertiary/aromatic N) is 2. The van der Waals surface area contributed by atoms with Crippen molar-refractivity contribution in [3.05, 3.63) is 23.0 Å². The van der Waals surface area contributed by atoms with E-state index in [1.807, 2.05) is 25.3 Å². The Balaban J connectivity index is 2.97. The van der Waals surface area contributed by atoms with Gasteiger partial charge in [0, 0.05) is 12.1 Å². The van der Waals surface area contributed by atoms with Gasteiger partial charge in [0.1, 0.15) is 5.75 Å². The van der Waals surface area contributed by atoms with Crippen LogP contribution in [-0.2, 0) is 6.54 Å². The summed E-state index contributed by atoms with van der Waals surface area (Å²) in [5, 5.41) is 9.90. The van der Waals surface area contributed by atoms with Crippen molar-refractivity contribution < 1.29 is 5.11 Å². The van der Waals surface area contributed by atoms with Gasteiger partial charge in [0.2, 0.25) is 0 Å². The van der Waals surface area contributed by atoms with Gasteiger partial charge < -0.3 is 9.67 Å². The first kappa shape index (κ1) is 10.0. The highest BCUT2D eigenvalue weighted by Gasteiger charge is 2.15. The molecule has 15 heavy (non-hydrogen) atoms. The molecule has 79 valence electrons. The van der Waals surface area contributed by atoms with Crippen LogP contribution in [0.25, 0.3) is 11.0 Å². The summed E-state index contributed by atoms with van der Waals surface area (Å²) < 4.78 is 1.99. The van der Waals surface area contributed by atoms with Crippen LogP contribution in [-0.4, -0.2) is 14.7 Å². The van der Waals surface area contributed by atoms with Crippen molar-refractivity contribution in [1.29, 1.82) is 0 Å². The fraction of sp³-hybridized carbons (Fsp3) is 0.417. The molecule has 3 heteroatoms. The molecule has 0 fully saturated rings. The molecule has 1 aromatic carbocycles. The van der Waals surface area contributed by atoms with E-state index in [2.05, 4.69) is 18.2 Å². The van der Waals surface area contributed by atoms with E-state index in [0.29, 0.717) is 5.75 Å². The molecule has 0 saturated heterocycles. The van der Waals surface area contributed by atoms with Crippen molar-refractivity contribution in [3.63, 3.8) is 0 Å². The number of fused-ring (bicyclic) bond motifs is 1. The number of aryl methyl sites for hydroxylation is 3. The molecule has 2 rings (SSSR count). The molecule has 2 aromatic rings. The minimum atomic E-state index is 0.356. The molecule has 1 radical (unpaired) electrons. The SMILES string of the molecule is CCn1[c]nc2c(C)c(O)c(C)c(C)c21. The molecule has 0 unspecified atom stereocenters. The van der Waals surface area contributed by atoms with Gasteiger partial charge in [0.15, 0.2) is 6.33 Å². The Morgan fingerprint density at radius 3 is 2.47 bits per heavy atom. The molecule has 0 aliphatic carbocycles. The van der Waals surface area contributed by atoms with Gasteiger partial charge in [0.25, 0.3) is 0 Å². The summed E-state index contributed by atoms with van der Waals surface area (Å²) >= 11 is 0. The highest BCUT2D eigenvalue weighted by Crippen LogP contribution is 2.32. The van der Waals surface area contributed by atoms with E-state index in [4.69, 9.17) is 0 Å².